The Morgan fingerprint density at radius 1 is 1.05 bits per heavy atom. The average molecular weight is 287 g/mol. The van der Waals surface area contributed by atoms with Gasteiger partial charge in [0.1, 0.15) is 0 Å². The molecular weight excluding hydrogens is 270 g/mol. The summed E-state index contributed by atoms with van der Waals surface area (Å²) in [5.41, 5.74) is 1.93. The summed E-state index contributed by atoms with van der Waals surface area (Å²) < 4.78 is 0. The van der Waals surface area contributed by atoms with Gasteiger partial charge in [0.25, 0.3) is 5.91 Å². The van der Waals surface area contributed by atoms with E-state index in [1.165, 1.54) is 18.3 Å². The molecule has 2 aromatic rings. The first-order valence-electron chi connectivity index (χ1n) is 6.50. The van der Waals surface area contributed by atoms with E-state index in [0.29, 0.717) is 15.7 Å². The minimum Gasteiger partial charge on any atom is -0.321 e. The Morgan fingerprint density at radius 3 is 2.30 bits per heavy atom. The number of benzene rings is 1. The first-order chi connectivity index (χ1) is 9.49. The van der Waals surface area contributed by atoms with Crippen molar-refractivity contribution in [1.82, 2.24) is 0 Å². The summed E-state index contributed by atoms with van der Waals surface area (Å²) in [5.74, 6) is 0.148. The highest BCUT2D eigenvalue weighted by molar-refractivity contribution is 7.16. The maximum Gasteiger partial charge on any atom is 0.265 e. The Hall–Kier alpha value is -1.94. The number of hydrogen-bond donors (Lipinski definition) is 1. The van der Waals surface area contributed by atoms with E-state index in [1.54, 1.807) is 12.1 Å². The topological polar surface area (TPSA) is 46.2 Å². The number of anilines is 1. The molecule has 0 aliphatic heterocycles. The van der Waals surface area contributed by atoms with E-state index in [9.17, 15) is 9.59 Å². The smallest absolute Gasteiger partial charge is 0.265 e. The molecule has 1 heterocycles. The van der Waals surface area contributed by atoms with Crippen molar-refractivity contribution in [2.24, 2.45) is 0 Å². The normalized spacial score (nSPS) is 10.6. The van der Waals surface area contributed by atoms with Crippen molar-refractivity contribution in [3.8, 4) is 0 Å². The van der Waals surface area contributed by atoms with Crippen molar-refractivity contribution in [2.45, 2.75) is 26.7 Å². The molecule has 1 amide bonds. The molecule has 0 saturated heterocycles. The number of Topliss-reactive ketones (excluding diaryl/α,β-unsaturated/α-hetero) is 1. The monoisotopic (exact) mass is 287 g/mol. The summed E-state index contributed by atoms with van der Waals surface area (Å²) in [7, 11) is 0. The Labute approximate surface area is 122 Å². The number of para-hydroxylation sites is 1. The van der Waals surface area contributed by atoms with Crippen molar-refractivity contribution in [1.29, 1.82) is 0 Å². The highest BCUT2D eigenvalue weighted by Gasteiger charge is 2.13. The SMILES string of the molecule is CC(=O)c1ccc(C(=O)Nc2ccccc2C(C)C)s1. The van der Waals surface area contributed by atoms with Crippen LogP contribution in [0.25, 0.3) is 0 Å². The Morgan fingerprint density at radius 2 is 1.70 bits per heavy atom. The zero-order valence-electron chi connectivity index (χ0n) is 11.8. The lowest BCUT2D eigenvalue weighted by Gasteiger charge is -2.12. The molecule has 0 unspecified atom stereocenters. The maximum atomic E-state index is 12.2. The van der Waals surface area contributed by atoms with Gasteiger partial charge in [0.15, 0.2) is 5.78 Å². The minimum atomic E-state index is -0.171. The van der Waals surface area contributed by atoms with Crippen LogP contribution in [0.3, 0.4) is 0 Å². The van der Waals surface area contributed by atoms with Crippen molar-refractivity contribution in [3.63, 3.8) is 0 Å². The molecule has 0 bridgehead atoms. The van der Waals surface area contributed by atoms with Crippen molar-refractivity contribution < 1.29 is 9.59 Å². The van der Waals surface area contributed by atoms with Gasteiger partial charge in [0.05, 0.1) is 9.75 Å². The quantitative estimate of drug-likeness (QED) is 0.851. The summed E-state index contributed by atoms with van der Waals surface area (Å²) in [6.45, 7) is 5.68. The van der Waals surface area contributed by atoms with Crippen molar-refractivity contribution in [3.05, 3.63) is 51.7 Å². The van der Waals surface area contributed by atoms with Crippen LogP contribution in [0.2, 0.25) is 0 Å². The van der Waals surface area contributed by atoms with Gasteiger partial charge in [0, 0.05) is 5.69 Å². The van der Waals surface area contributed by atoms with Gasteiger partial charge < -0.3 is 5.32 Å². The number of rotatable bonds is 4. The first kappa shape index (κ1) is 14.5. The van der Waals surface area contributed by atoms with Gasteiger partial charge in [-0.2, -0.15) is 0 Å². The first-order valence-corrected chi connectivity index (χ1v) is 7.31. The number of thiophene rings is 1. The molecule has 4 heteroatoms. The predicted molar refractivity (Wildman–Crippen MR) is 82.8 cm³/mol. The maximum absolute atomic E-state index is 12.2. The van der Waals surface area contributed by atoms with Gasteiger partial charge in [-0.25, -0.2) is 0 Å². The van der Waals surface area contributed by atoms with Crippen LogP contribution >= 0.6 is 11.3 Å². The Bertz CT molecular complexity index is 643. The average Bonchev–Trinajstić information content (AvgIpc) is 2.89. The molecule has 2 rings (SSSR count). The van der Waals surface area contributed by atoms with E-state index in [4.69, 9.17) is 0 Å². The Kier molecular flexibility index (Phi) is 4.35. The largest absolute Gasteiger partial charge is 0.321 e. The summed E-state index contributed by atoms with van der Waals surface area (Å²) in [5, 5.41) is 2.92. The molecule has 0 saturated carbocycles. The van der Waals surface area contributed by atoms with Crippen LogP contribution in [0, 0.1) is 0 Å². The summed E-state index contributed by atoms with van der Waals surface area (Å²) in [6, 6.07) is 11.1. The van der Waals surface area contributed by atoms with Gasteiger partial charge in [-0.15, -0.1) is 11.3 Å². The van der Waals surface area contributed by atoms with Crippen LogP contribution in [0.5, 0.6) is 0 Å². The lowest BCUT2D eigenvalue weighted by Crippen LogP contribution is -2.12. The standard InChI is InChI=1S/C16H17NO2S/c1-10(2)12-6-4-5-7-13(12)17-16(19)15-9-8-14(20-15)11(3)18/h4-10H,1-3H3,(H,17,19). The van der Waals surface area contributed by atoms with E-state index < -0.39 is 0 Å². The van der Waals surface area contributed by atoms with Gasteiger partial charge in [0.2, 0.25) is 0 Å². The zero-order valence-corrected chi connectivity index (χ0v) is 12.6. The van der Waals surface area contributed by atoms with Crippen LogP contribution in [-0.2, 0) is 0 Å². The molecule has 0 spiro atoms. The number of ketones is 1. The number of carbonyl (C=O) groups excluding carboxylic acids is 2. The second kappa shape index (κ2) is 6.01. The number of amides is 1. The van der Waals surface area contributed by atoms with Crippen LogP contribution < -0.4 is 5.32 Å². The summed E-state index contributed by atoms with van der Waals surface area (Å²) in [6.07, 6.45) is 0. The van der Waals surface area contributed by atoms with Gasteiger partial charge in [-0.3, -0.25) is 9.59 Å². The van der Waals surface area contributed by atoms with Crippen molar-refractivity contribution >= 4 is 28.7 Å². The van der Waals surface area contributed by atoms with Crippen LogP contribution in [0.15, 0.2) is 36.4 Å². The molecule has 1 aromatic carbocycles. The number of carbonyl (C=O) groups is 2. The Balaban J connectivity index is 2.21. The van der Waals surface area contributed by atoms with Gasteiger partial charge in [-0.1, -0.05) is 32.0 Å². The highest BCUT2D eigenvalue weighted by Crippen LogP contribution is 2.25. The second-order valence-electron chi connectivity index (χ2n) is 4.92. The molecule has 0 aliphatic carbocycles. The summed E-state index contributed by atoms with van der Waals surface area (Å²) in [4.78, 5) is 24.6. The predicted octanol–water partition coefficient (Wildman–Crippen LogP) is 4.33. The lowest BCUT2D eigenvalue weighted by atomic mass is 10.0. The molecule has 20 heavy (non-hydrogen) atoms. The molecule has 0 atom stereocenters. The fourth-order valence-electron chi connectivity index (χ4n) is 1.95. The van der Waals surface area contributed by atoms with E-state index in [0.717, 1.165) is 11.3 Å². The molecule has 0 radical (unpaired) electrons. The summed E-state index contributed by atoms with van der Waals surface area (Å²) >= 11 is 1.22. The third-order valence-electron chi connectivity index (χ3n) is 3.01. The molecule has 3 nitrogen and oxygen atoms in total. The molecular formula is C16H17NO2S. The molecule has 0 fully saturated rings. The van der Waals surface area contributed by atoms with E-state index in [1.807, 2.05) is 24.3 Å². The second-order valence-corrected chi connectivity index (χ2v) is 6.00. The molecule has 104 valence electrons. The third kappa shape index (κ3) is 3.14. The van der Waals surface area contributed by atoms with E-state index >= 15 is 0 Å². The van der Waals surface area contributed by atoms with Gasteiger partial charge >= 0.3 is 0 Å². The lowest BCUT2D eigenvalue weighted by molar-refractivity contribution is 0.101. The highest BCUT2D eigenvalue weighted by atomic mass is 32.1. The zero-order chi connectivity index (χ0) is 14.7. The number of hydrogen-bond acceptors (Lipinski definition) is 3. The third-order valence-corrected chi connectivity index (χ3v) is 4.19. The van der Waals surface area contributed by atoms with Gasteiger partial charge in [-0.05, 0) is 36.6 Å². The fraction of sp³-hybridized carbons (Fsp3) is 0.250. The van der Waals surface area contributed by atoms with E-state index in [2.05, 4.69) is 19.2 Å². The van der Waals surface area contributed by atoms with Crippen LogP contribution in [0.4, 0.5) is 5.69 Å². The molecule has 1 aromatic heterocycles. The van der Waals surface area contributed by atoms with Crippen molar-refractivity contribution in [2.75, 3.05) is 5.32 Å². The fourth-order valence-corrected chi connectivity index (χ4v) is 2.74. The van der Waals surface area contributed by atoms with Crippen LogP contribution in [-0.4, -0.2) is 11.7 Å². The van der Waals surface area contributed by atoms with E-state index in [-0.39, 0.29) is 11.7 Å². The minimum absolute atomic E-state index is 0.0170. The molecule has 0 aliphatic rings. The molecule has 1 N–H and O–H groups in total. The van der Waals surface area contributed by atoms with Crippen LogP contribution in [0.1, 0.15) is 51.6 Å². The number of nitrogens with one attached hydrogen (secondary N) is 1.